The summed E-state index contributed by atoms with van der Waals surface area (Å²) in [6.07, 6.45) is 0.922. The summed E-state index contributed by atoms with van der Waals surface area (Å²) < 4.78 is 0. The molecule has 2 aromatic carbocycles. The summed E-state index contributed by atoms with van der Waals surface area (Å²) >= 11 is 6.01. The van der Waals surface area contributed by atoms with E-state index in [0.29, 0.717) is 0 Å². The van der Waals surface area contributed by atoms with Crippen molar-refractivity contribution in [1.82, 2.24) is 0 Å². The van der Waals surface area contributed by atoms with E-state index < -0.39 is 0 Å². The van der Waals surface area contributed by atoms with E-state index in [9.17, 15) is 5.11 Å². The molecule has 0 amide bonds. The number of phenols is 1. The summed E-state index contributed by atoms with van der Waals surface area (Å²) in [5.41, 5.74) is 2.25. The second-order valence-corrected chi connectivity index (χ2v) is 4.33. The molecular formula is C15H14ClO. The van der Waals surface area contributed by atoms with Crippen molar-refractivity contribution in [3.8, 4) is 5.75 Å². The van der Waals surface area contributed by atoms with Crippen LogP contribution >= 0.6 is 11.6 Å². The second kappa shape index (κ2) is 5.24. The van der Waals surface area contributed by atoms with Gasteiger partial charge in [-0.2, -0.15) is 0 Å². The van der Waals surface area contributed by atoms with Crippen molar-refractivity contribution in [2.24, 2.45) is 0 Å². The molecule has 0 aliphatic rings. The average Bonchev–Trinajstić information content (AvgIpc) is 2.33. The van der Waals surface area contributed by atoms with Crippen LogP contribution in [0.25, 0.3) is 0 Å². The number of hydrogen-bond donors (Lipinski definition) is 1. The lowest BCUT2D eigenvalue weighted by Crippen LogP contribution is -2.00. The van der Waals surface area contributed by atoms with Gasteiger partial charge < -0.3 is 5.11 Å². The molecule has 0 aromatic heterocycles. The number of halogens is 1. The molecule has 0 heterocycles. The van der Waals surface area contributed by atoms with Gasteiger partial charge in [0, 0.05) is 10.9 Å². The van der Waals surface area contributed by atoms with E-state index >= 15 is 0 Å². The third-order valence-electron chi connectivity index (χ3n) is 2.74. The summed E-state index contributed by atoms with van der Waals surface area (Å²) in [6, 6.07) is 15.1. The maximum absolute atomic E-state index is 9.30. The lowest BCUT2D eigenvalue weighted by Gasteiger charge is -2.15. The van der Waals surface area contributed by atoms with E-state index in [1.807, 2.05) is 30.3 Å². The Morgan fingerprint density at radius 1 is 1.06 bits per heavy atom. The van der Waals surface area contributed by atoms with Gasteiger partial charge in [-0.05, 0) is 41.8 Å². The van der Waals surface area contributed by atoms with Crippen molar-refractivity contribution < 1.29 is 5.11 Å². The zero-order valence-electron chi connectivity index (χ0n) is 9.65. The Kier molecular flexibility index (Phi) is 3.70. The Balaban J connectivity index is 2.36. The molecular weight excluding hydrogens is 232 g/mol. The molecule has 1 radical (unpaired) electrons. The highest BCUT2D eigenvalue weighted by atomic mass is 35.5. The third kappa shape index (κ3) is 2.80. The van der Waals surface area contributed by atoms with Gasteiger partial charge in [0.15, 0.2) is 0 Å². The predicted octanol–water partition coefficient (Wildman–Crippen LogP) is 4.43. The Morgan fingerprint density at radius 2 is 1.76 bits per heavy atom. The van der Waals surface area contributed by atoms with Crippen molar-refractivity contribution in [1.29, 1.82) is 0 Å². The number of benzene rings is 2. The summed E-state index contributed by atoms with van der Waals surface area (Å²) in [7, 11) is 0. The first-order chi connectivity index (χ1) is 8.20. The Morgan fingerprint density at radius 3 is 2.35 bits per heavy atom. The smallest absolute Gasteiger partial charge is 0.115 e. The zero-order valence-corrected chi connectivity index (χ0v) is 10.4. The maximum Gasteiger partial charge on any atom is 0.115 e. The molecule has 0 saturated heterocycles. The van der Waals surface area contributed by atoms with Gasteiger partial charge in [-0.1, -0.05) is 42.8 Å². The number of phenolic OH excluding ortho intramolecular Hbond substituents is 1. The van der Waals surface area contributed by atoms with Crippen LogP contribution in [-0.4, -0.2) is 5.11 Å². The molecule has 0 unspecified atom stereocenters. The molecule has 0 bridgehead atoms. The first-order valence-electron chi connectivity index (χ1n) is 5.62. The van der Waals surface area contributed by atoms with E-state index in [4.69, 9.17) is 11.6 Å². The van der Waals surface area contributed by atoms with Crippen molar-refractivity contribution in [2.75, 3.05) is 0 Å². The first-order valence-corrected chi connectivity index (χ1v) is 5.99. The Labute approximate surface area is 107 Å². The van der Waals surface area contributed by atoms with E-state index in [-0.39, 0.29) is 5.75 Å². The van der Waals surface area contributed by atoms with Gasteiger partial charge in [0.05, 0.1) is 0 Å². The lowest BCUT2D eigenvalue weighted by molar-refractivity contribution is 0.475. The van der Waals surface area contributed by atoms with Gasteiger partial charge in [-0.3, -0.25) is 0 Å². The van der Waals surface area contributed by atoms with E-state index in [1.165, 1.54) is 5.92 Å². The molecule has 1 N–H and O–H groups in total. The van der Waals surface area contributed by atoms with Gasteiger partial charge >= 0.3 is 0 Å². The molecule has 0 fully saturated rings. The molecule has 2 aromatic rings. The lowest BCUT2D eigenvalue weighted by atomic mass is 9.89. The third-order valence-corrected chi connectivity index (χ3v) is 2.98. The topological polar surface area (TPSA) is 20.2 Å². The van der Waals surface area contributed by atoms with Crippen LogP contribution in [0.3, 0.4) is 0 Å². The normalized spacial score (nSPS) is 10.8. The molecule has 0 saturated carbocycles. The minimum Gasteiger partial charge on any atom is -0.508 e. The van der Waals surface area contributed by atoms with Crippen LogP contribution in [0.2, 0.25) is 5.02 Å². The Bertz CT molecular complexity index is 491. The van der Waals surface area contributed by atoms with Gasteiger partial charge in [-0.25, -0.2) is 0 Å². The highest BCUT2D eigenvalue weighted by molar-refractivity contribution is 6.30. The second-order valence-electron chi connectivity index (χ2n) is 3.89. The number of hydrogen-bond acceptors (Lipinski definition) is 1. The van der Waals surface area contributed by atoms with Crippen LogP contribution in [0.4, 0.5) is 0 Å². The molecule has 87 valence electrons. The fraction of sp³-hybridized carbons (Fsp3) is 0.133. The van der Waals surface area contributed by atoms with Crippen LogP contribution in [0.15, 0.2) is 48.5 Å². The summed E-state index contributed by atoms with van der Waals surface area (Å²) in [6.45, 7) is 2.11. The van der Waals surface area contributed by atoms with E-state index in [0.717, 1.165) is 22.6 Å². The van der Waals surface area contributed by atoms with Gasteiger partial charge in [0.1, 0.15) is 5.75 Å². The van der Waals surface area contributed by atoms with Gasteiger partial charge in [0.25, 0.3) is 0 Å². The van der Waals surface area contributed by atoms with Crippen LogP contribution in [0.1, 0.15) is 24.5 Å². The van der Waals surface area contributed by atoms with Crippen LogP contribution in [-0.2, 0) is 0 Å². The minimum atomic E-state index is 0.287. The Hall–Kier alpha value is -1.47. The van der Waals surface area contributed by atoms with Gasteiger partial charge in [0.2, 0.25) is 0 Å². The molecule has 17 heavy (non-hydrogen) atoms. The zero-order chi connectivity index (χ0) is 12.3. The molecule has 0 spiro atoms. The monoisotopic (exact) mass is 245 g/mol. The SMILES string of the molecule is CC[C](c1ccc(O)cc1)c1cccc(Cl)c1. The number of aromatic hydroxyl groups is 1. The molecule has 2 rings (SSSR count). The van der Waals surface area contributed by atoms with Crippen LogP contribution < -0.4 is 0 Å². The average molecular weight is 246 g/mol. The summed E-state index contributed by atoms with van der Waals surface area (Å²) in [5, 5.41) is 10.0. The van der Waals surface area contributed by atoms with Crippen LogP contribution in [0.5, 0.6) is 5.75 Å². The molecule has 0 atom stereocenters. The van der Waals surface area contributed by atoms with Crippen molar-refractivity contribution in [3.63, 3.8) is 0 Å². The summed E-state index contributed by atoms with van der Waals surface area (Å²) in [5.74, 6) is 1.52. The van der Waals surface area contributed by atoms with Crippen LogP contribution in [0, 0.1) is 5.92 Å². The fourth-order valence-electron chi connectivity index (χ4n) is 1.91. The highest BCUT2D eigenvalue weighted by Crippen LogP contribution is 2.29. The molecule has 2 heteroatoms. The van der Waals surface area contributed by atoms with E-state index in [1.54, 1.807) is 12.1 Å². The van der Waals surface area contributed by atoms with Gasteiger partial charge in [-0.15, -0.1) is 0 Å². The van der Waals surface area contributed by atoms with E-state index in [2.05, 4.69) is 13.0 Å². The largest absolute Gasteiger partial charge is 0.508 e. The number of rotatable bonds is 3. The molecule has 0 aliphatic heterocycles. The predicted molar refractivity (Wildman–Crippen MR) is 71.3 cm³/mol. The minimum absolute atomic E-state index is 0.287. The quantitative estimate of drug-likeness (QED) is 0.848. The highest BCUT2D eigenvalue weighted by Gasteiger charge is 2.12. The summed E-state index contributed by atoms with van der Waals surface area (Å²) in [4.78, 5) is 0. The van der Waals surface area contributed by atoms with Crippen molar-refractivity contribution >= 4 is 11.6 Å². The van der Waals surface area contributed by atoms with Crippen molar-refractivity contribution in [2.45, 2.75) is 13.3 Å². The first kappa shape index (κ1) is 12.0. The van der Waals surface area contributed by atoms with Crippen molar-refractivity contribution in [3.05, 3.63) is 70.6 Å². The molecule has 1 nitrogen and oxygen atoms in total. The molecule has 0 aliphatic carbocycles. The fourth-order valence-corrected chi connectivity index (χ4v) is 2.10. The standard InChI is InChI=1S/C15H14ClO/c1-2-15(11-6-8-14(17)9-7-11)12-4-3-5-13(16)10-12/h3-10,17H,2H2,1H3. The maximum atomic E-state index is 9.30.